The Bertz CT molecular complexity index is 3620. The summed E-state index contributed by atoms with van der Waals surface area (Å²) in [5.41, 5.74) is 7.38. The Morgan fingerprint density at radius 3 is 2.43 bits per heavy atom. The molecule has 20 heteroatoms. The van der Waals surface area contributed by atoms with E-state index in [-0.39, 0.29) is 68.4 Å². The molecule has 0 radical (unpaired) electrons. The van der Waals surface area contributed by atoms with Crippen LogP contribution in [0.4, 0.5) is 10.2 Å². The van der Waals surface area contributed by atoms with Crippen molar-refractivity contribution in [2.24, 2.45) is 5.92 Å². The summed E-state index contributed by atoms with van der Waals surface area (Å²) in [5.74, 6) is -0.633. The number of aryl methyl sites for hydroxylation is 2. The second-order valence-electron chi connectivity index (χ2n) is 21.7. The molecule has 2 bridgehead atoms. The molecule has 3 aliphatic heterocycles. The molecular formula is C61H66FN11O8. The fourth-order valence-electron chi connectivity index (χ4n) is 11.6. The van der Waals surface area contributed by atoms with Crippen LogP contribution in [0.5, 0.6) is 17.5 Å². The zero-order valence-electron chi connectivity index (χ0n) is 46.1. The topological polar surface area (TPSA) is 235 Å². The number of pyridine rings is 2. The predicted octanol–water partition coefficient (Wildman–Crippen LogP) is 7.43. The van der Waals surface area contributed by atoms with Crippen LogP contribution in [-0.4, -0.2) is 137 Å². The Hall–Kier alpha value is -8.17. The van der Waals surface area contributed by atoms with Crippen molar-refractivity contribution in [1.29, 1.82) is 0 Å². The lowest BCUT2D eigenvalue weighted by Gasteiger charge is -2.30. The number of piperazine rings is 1. The van der Waals surface area contributed by atoms with Crippen LogP contribution in [0, 0.1) is 18.7 Å². The van der Waals surface area contributed by atoms with Gasteiger partial charge in [-0.15, -0.1) is 5.10 Å². The normalized spacial score (nSPS) is 18.9. The van der Waals surface area contributed by atoms with Gasteiger partial charge in [0.15, 0.2) is 5.75 Å². The van der Waals surface area contributed by atoms with Crippen molar-refractivity contribution in [2.75, 3.05) is 44.9 Å². The van der Waals surface area contributed by atoms with E-state index in [0.29, 0.717) is 79.3 Å². The van der Waals surface area contributed by atoms with E-state index in [0.717, 1.165) is 41.8 Å². The lowest BCUT2D eigenvalue weighted by atomic mass is 9.94. The summed E-state index contributed by atoms with van der Waals surface area (Å²) in [5, 5.41) is 49.8. The number of aromatic nitrogens is 7. The molecule has 0 saturated carbocycles. The van der Waals surface area contributed by atoms with Crippen LogP contribution in [0.25, 0.3) is 55.3 Å². The Morgan fingerprint density at radius 2 is 1.73 bits per heavy atom. The summed E-state index contributed by atoms with van der Waals surface area (Å²) in [7, 11) is 1.61. The van der Waals surface area contributed by atoms with E-state index in [1.165, 1.54) is 15.6 Å². The smallest absolute Gasteiger partial charge is 0.319 e. The van der Waals surface area contributed by atoms with Crippen LogP contribution in [0.15, 0.2) is 104 Å². The quantitative estimate of drug-likeness (QED) is 0.0529. The van der Waals surface area contributed by atoms with Crippen LogP contribution < -0.4 is 25.0 Å². The number of hydrogen-bond donors (Lipinski definition) is 5. The molecule has 7 atom stereocenters. The zero-order chi connectivity index (χ0) is 56.6. The number of aliphatic hydroxyl groups excluding tert-OH is 2. The highest BCUT2D eigenvalue weighted by Crippen LogP contribution is 2.45. The number of ether oxygens (including phenoxy) is 3. The van der Waals surface area contributed by atoms with Gasteiger partial charge in [0.05, 0.1) is 36.4 Å². The van der Waals surface area contributed by atoms with E-state index in [4.69, 9.17) is 29.2 Å². The molecule has 3 aliphatic rings. The number of carbonyl (C=O) groups is 2. The summed E-state index contributed by atoms with van der Waals surface area (Å²) in [6.07, 6.45) is 7.12. The Labute approximate surface area is 468 Å². The number of likely N-dealkylation sites (tertiary alicyclic amines) is 1. The van der Waals surface area contributed by atoms with Crippen molar-refractivity contribution in [3.63, 3.8) is 0 Å². The molecular weight excluding hydrogens is 1030 g/mol. The highest BCUT2D eigenvalue weighted by Gasteiger charge is 2.44. The SMILES string of the molecule is CCc1c(F)ccc2cc(O)cc(-c3ncc4c(N5C[C@@H]6C[C@H]5CN6)nc(OC[C@H](C)OC)nc4c3OCc3ccc(-c4cn([C@H](C(=O)N5C[C@H](O)C[C@H]5C(=O)N[C@@H](CO)c5ccc(-c6ccncc6C)cc5)C(C)C)nn4)cc3)c12. The summed E-state index contributed by atoms with van der Waals surface area (Å²) in [6.45, 7) is 10.9. The monoisotopic (exact) mass is 1100 g/mol. The number of nitrogens with one attached hydrogen (secondary N) is 2. The highest BCUT2D eigenvalue weighted by atomic mass is 19.1. The van der Waals surface area contributed by atoms with E-state index in [1.54, 1.807) is 50.1 Å². The van der Waals surface area contributed by atoms with Gasteiger partial charge in [0.25, 0.3) is 0 Å². The number of rotatable bonds is 19. The molecule has 8 aromatic rings. The van der Waals surface area contributed by atoms with Crippen molar-refractivity contribution in [3.05, 3.63) is 132 Å². The number of halogens is 1. The maximum absolute atomic E-state index is 15.7. The van der Waals surface area contributed by atoms with Gasteiger partial charge in [0, 0.05) is 75.0 Å². The minimum Gasteiger partial charge on any atom is -0.508 e. The molecule has 81 heavy (non-hydrogen) atoms. The van der Waals surface area contributed by atoms with Crippen LogP contribution in [0.1, 0.15) is 74.9 Å². The fraction of sp³-hybridized carbons (Fsp3) is 0.377. The van der Waals surface area contributed by atoms with Gasteiger partial charge < -0.3 is 50.0 Å². The number of nitrogens with zero attached hydrogens (tertiary/aromatic N) is 9. The van der Waals surface area contributed by atoms with Crippen LogP contribution in [0.2, 0.25) is 0 Å². The number of fused-ring (bicyclic) bond motifs is 4. The lowest BCUT2D eigenvalue weighted by Crippen LogP contribution is -2.50. The first-order valence-corrected chi connectivity index (χ1v) is 27.6. The first-order valence-electron chi connectivity index (χ1n) is 27.6. The first kappa shape index (κ1) is 54.8. The number of hydrogen-bond acceptors (Lipinski definition) is 16. The van der Waals surface area contributed by atoms with Gasteiger partial charge in [-0.1, -0.05) is 80.6 Å². The van der Waals surface area contributed by atoms with E-state index in [1.807, 2.05) is 89.2 Å². The molecule has 420 valence electrons. The first-order chi connectivity index (χ1) is 39.2. The molecule has 3 saturated heterocycles. The van der Waals surface area contributed by atoms with E-state index >= 15 is 4.39 Å². The van der Waals surface area contributed by atoms with E-state index < -0.39 is 36.0 Å². The van der Waals surface area contributed by atoms with E-state index in [9.17, 15) is 24.9 Å². The molecule has 11 rings (SSSR count). The average molecular weight is 1100 g/mol. The van der Waals surface area contributed by atoms with Crippen LogP contribution in [-0.2, 0) is 27.4 Å². The second kappa shape index (κ2) is 23.1. The van der Waals surface area contributed by atoms with Gasteiger partial charge in [0.2, 0.25) is 11.8 Å². The van der Waals surface area contributed by atoms with Crippen molar-refractivity contribution < 1.29 is 43.5 Å². The fourth-order valence-corrected chi connectivity index (χ4v) is 11.6. The van der Waals surface area contributed by atoms with Gasteiger partial charge in [-0.25, -0.2) is 9.07 Å². The molecule has 4 aromatic carbocycles. The number of phenols is 1. The van der Waals surface area contributed by atoms with Crippen molar-refractivity contribution >= 4 is 39.3 Å². The molecule has 2 amide bonds. The number of anilines is 1. The predicted molar refractivity (Wildman–Crippen MR) is 303 cm³/mol. The summed E-state index contributed by atoms with van der Waals surface area (Å²) < 4.78 is 35.8. The van der Waals surface area contributed by atoms with Gasteiger partial charge in [0.1, 0.15) is 59.6 Å². The molecule has 19 nitrogen and oxygen atoms in total. The summed E-state index contributed by atoms with van der Waals surface area (Å²) in [4.78, 5) is 51.5. The standard InChI is InChI=1S/C61H66FN11O8/c1-7-45-49(62)17-16-40-20-43(75)22-47(53(40)45)54-57(55-48(26-65-54)58(71-27-41-21-42(71)25-64-41)68-61(67-55)81-31-35(5)79-6)80-32-36-8-10-38(11-9-36)50-29-73(70-69-50)56(33(2)3)60(78)72-28-44(76)23-52(72)59(77)66-51(30-74)39-14-12-37(13-15-39)46-18-19-63-24-34(46)4/h8-20,22,24,26,29,33,35,41-42,44,51-52,56,64,74-76H,7,21,23,25,27-28,30-32H2,1-6H3,(H,66,77)/t35-,41-,42-,44+,51-,52-,56-/m0/s1. The van der Waals surface area contributed by atoms with E-state index in [2.05, 4.69) is 30.8 Å². The number of β-amino-alcohol motifs (C(OH)–C–C–N with tert-alkyl or cyclic N) is 1. The van der Waals surface area contributed by atoms with Crippen molar-refractivity contribution in [1.82, 2.24) is 50.5 Å². The largest absolute Gasteiger partial charge is 0.508 e. The number of methoxy groups -OCH3 is 1. The van der Waals surface area contributed by atoms with Crippen molar-refractivity contribution in [2.45, 2.75) is 103 Å². The third kappa shape index (κ3) is 11.0. The lowest BCUT2D eigenvalue weighted by molar-refractivity contribution is -0.142. The van der Waals surface area contributed by atoms with Gasteiger partial charge in [-0.05, 0) is 101 Å². The number of phenolic OH excluding ortho intramolecular Hbond substituents is 1. The molecule has 0 unspecified atom stereocenters. The second-order valence-corrected chi connectivity index (χ2v) is 21.7. The third-order valence-electron chi connectivity index (χ3n) is 15.9. The Morgan fingerprint density at radius 1 is 0.938 bits per heavy atom. The molecule has 5 N–H and O–H groups in total. The zero-order valence-corrected chi connectivity index (χ0v) is 46.1. The molecule has 0 spiro atoms. The maximum atomic E-state index is 15.7. The summed E-state index contributed by atoms with van der Waals surface area (Å²) >= 11 is 0. The molecule has 4 aromatic heterocycles. The van der Waals surface area contributed by atoms with Crippen LogP contribution in [0.3, 0.4) is 0 Å². The van der Waals surface area contributed by atoms with Crippen LogP contribution >= 0.6 is 0 Å². The third-order valence-corrected chi connectivity index (χ3v) is 15.9. The molecule has 0 aliphatic carbocycles. The minimum absolute atomic E-state index is 0.0259. The maximum Gasteiger partial charge on any atom is 0.319 e. The molecule has 3 fully saturated rings. The molecule has 7 heterocycles. The van der Waals surface area contributed by atoms with Gasteiger partial charge in [-0.3, -0.25) is 19.6 Å². The Balaban J connectivity index is 0.859. The average Bonchev–Trinajstić information content (AvgIpc) is 4.51. The minimum atomic E-state index is -0.997. The summed E-state index contributed by atoms with van der Waals surface area (Å²) in [6, 6.07) is 21.3. The number of amides is 2. The number of carbonyl (C=O) groups excluding carboxylic acids is 2. The number of benzene rings is 4. The van der Waals surface area contributed by atoms with Gasteiger partial charge in [-0.2, -0.15) is 9.97 Å². The van der Waals surface area contributed by atoms with Crippen molar-refractivity contribution in [3.8, 4) is 51.2 Å². The number of aliphatic hydroxyl groups is 2. The Kier molecular flexibility index (Phi) is 15.6. The van der Waals surface area contributed by atoms with Gasteiger partial charge >= 0.3 is 6.01 Å². The number of aromatic hydroxyl groups is 1. The highest BCUT2D eigenvalue weighted by molar-refractivity contribution is 6.04.